The smallest absolute Gasteiger partial charge is 0.258 e. The van der Waals surface area contributed by atoms with E-state index in [4.69, 9.17) is 6.42 Å². The van der Waals surface area contributed by atoms with Crippen molar-refractivity contribution in [2.75, 3.05) is 11.9 Å². The topological polar surface area (TPSA) is 61.0 Å². The van der Waals surface area contributed by atoms with Gasteiger partial charge >= 0.3 is 0 Å². The first-order valence-corrected chi connectivity index (χ1v) is 7.57. The average Bonchev–Trinajstić information content (AvgIpc) is 3.00. The number of terminal acetylenes is 1. The lowest BCUT2D eigenvalue weighted by Crippen LogP contribution is -2.43. The van der Waals surface area contributed by atoms with Gasteiger partial charge in [-0.25, -0.2) is 0 Å². The van der Waals surface area contributed by atoms with E-state index in [1.807, 2.05) is 24.3 Å². The summed E-state index contributed by atoms with van der Waals surface area (Å²) in [6.07, 6.45) is 6.92. The number of nitrogens with one attached hydrogen (secondary N) is 2. The van der Waals surface area contributed by atoms with Crippen molar-refractivity contribution in [2.24, 2.45) is 0 Å². The van der Waals surface area contributed by atoms with Crippen molar-refractivity contribution in [1.29, 1.82) is 0 Å². The lowest BCUT2D eigenvalue weighted by Gasteiger charge is -2.37. The maximum absolute atomic E-state index is 12.8. The molecular formula is C18H20N4O. The van der Waals surface area contributed by atoms with E-state index >= 15 is 0 Å². The maximum atomic E-state index is 12.8. The minimum Gasteiger partial charge on any atom is -0.361 e. The number of rotatable bonds is 2. The summed E-state index contributed by atoms with van der Waals surface area (Å²) in [6.45, 7) is 6.55. The predicted molar refractivity (Wildman–Crippen MR) is 90.0 cm³/mol. The van der Waals surface area contributed by atoms with E-state index in [1.165, 1.54) is 0 Å². The molecule has 1 atom stereocenters. The van der Waals surface area contributed by atoms with E-state index in [0.717, 1.165) is 16.9 Å². The second-order valence-corrected chi connectivity index (χ2v) is 6.68. The summed E-state index contributed by atoms with van der Waals surface area (Å²) >= 11 is 0. The van der Waals surface area contributed by atoms with Crippen LogP contribution < -0.4 is 5.32 Å². The highest BCUT2D eigenvalue weighted by Gasteiger charge is 2.35. The highest BCUT2D eigenvalue weighted by Crippen LogP contribution is 2.36. The summed E-state index contributed by atoms with van der Waals surface area (Å²) in [5, 5.41) is 10.7. The quantitative estimate of drug-likeness (QED) is 0.839. The third-order valence-electron chi connectivity index (χ3n) is 4.00. The Morgan fingerprint density at radius 3 is 2.78 bits per heavy atom. The molecule has 1 aliphatic heterocycles. The molecule has 1 unspecified atom stereocenters. The third-order valence-corrected chi connectivity index (χ3v) is 4.00. The number of H-pyrrole nitrogens is 1. The number of hydrogen-bond donors (Lipinski definition) is 2. The fourth-order valence-corrected chi connectivity index (χ4v) is 2.90. The van der Waals surface area contributed by atoms with Crippen molar-refractivity contribution < 1.29 is 4.79 Å². The number of hydrogen-bond acceptors (Lipinski definition) is 3. The summed E-state index contributed by atoms with van der Waals surface area (Å²) in [5.74, 6) is 2.52. The number of amides is 1. The van der Waals surface area contributed by atoms with Crippen LogP contribution in [0.4, 0.5) is 5.69 Å². The predicted octanol–water partition coefficient (Wildman–Crippen LogP) is 2.91. The van der Waals surface area contributed by atoms with Crippen molar-refractivity contribution in [3.8, 4) is 12.3 Å². The fourth-order valence-electron chi connectivity index (χ4n) is 2.90. The molecule has 0 aliphatic carbocycles. The van der Waals surface area contributed by atoms with Crippen molar-refractivity contribution in [3.63, 3.8) is 0 Å². The van der Waals surface area contributed by atoms with Crippen molar-refractivity contribution in [1.82, 2.24) is 15.1 Å². The molecule has 5 nitrogen and oxygen atoms in total. The lowest BCUT2D eigenvalue weighted by atomic mass is 9.88. The first-order chi connectivity index (χ1) is 10.9. The molecular weight excluding hydrogens is 288 g/mol. The zero-order valence-electron chi connectivity index (χ0n) is 13.6. The number of fused-ring (bicyclic) bond motifs is 1. The Balaban J connectivity index is 2.10. The Hall–Kier alpha value is -2.74. The summed E-state index contributed by atoms with van der Waals surface area (Å²) in [4.78, 5) is 14.5. The first-order valence-electron chi connectivity index (χ1n) is 7.57. The van der Waals surface area contributed by atoms with Gasteiger partial charge in [-0.2, -0.15) is 5.10 Å². The van der Waals surface area contributed by atoms with Gasteiger partial charge in [0.15, 0.2) is 0 Å². The average molecular weight is 308 g/mol. The van der Waals surface area contributed by atoms with Gasteiger partial charge in [0.1, 0.15) is 6.17 Å². The monoisotopic (exact) mass is 308 g/mol. The molecule has 2 heterocycles. The number of carbonyl (C=O) groups is 1. The summed E-state index contributed by atoms with van der Waals surface area (Å²) in [6, 6.07) is 7.48. The van der Waals surface area contributed by atoms with Crippen LogP contribution in [0.1, 0.15) is 48.6 Å². The molecule has 0 spiro atoms. The van der Waals surface area contributed by atoms with Crippen LogP contribution >= 0.6 is 0 Å². The Morgan fingerprint density at radius 2 is 2.09 bits per heavy atom. The number of nitrogens with zero attached hydrogens (tertiary/aromatic N) is 2. The van der Waals surface area contributed by atoms with Gasteiger partial charge in [0.2, 0.25) is 0 Å². The van der Waals surface area contributed by atoms with Gasteiger partial charge in [-0.15, -0.1) is 6.42 Å². The molecule has 1 amide bonds. The van der Waals surface area contributed by atoms with Crippen LogP contribution in [0.2, 0.25) is 0 Å². The Kier molecular flexibility index (Phi) is 3.61. The van der Waals surface area contributed by atoms with Gasteiger partial charge in [0.25, 0.3) is 5.91 Å². The number of carbonyl (C=O) groups excluding carboxylic acids is 1. The van der Waals surface area contributed by atoms with Crippen LogP contribution in [0.15, 0.2) is 30.5 Å². The molecule has 23 heavy (non-hydrogen) atoms. The standard InChI is InChI=1S/C18H20N4O/c1-5-10-22-16(13-11-19-21-15(13)18(2,3)4)20-14-9-7-6-8-12(14)17(22)23/h1,6-9,11,16,20H,10H2,2-4H3,(H,19,21). The molecule has 1 aromatic carbocycles. The molecule has 0 bridgehead atoms. The number of aromatic amines is 1. The number of benzene rings is 1. The van der Waals surface area contributed by atoms with Gasteiger partial charge in [0.05, 0.1) is 18.3 Å². The lowest BCUT2D eigenvalue weighted by molar-refractivity contribution is 0.0710. The van der Waals surface area contributed by atoms with Crippen LogP contribution in [-0.4, -0.2) is 27.5 Å². The van der Waals surface area contributed by atoms with Gasteiger partial charge in [-0.1, -0.05) is 38.8 Å². The summed E-state index contributed by atoms with van der Waals surface area (Å²) < 4.78 is 0. The largest absolute Gasteiger partial charge is 0.361 e. The van der Waals surface area contributed by atoms with Crippen molar-refractivity contribution in [3.05, 3.63) is 47.3 Å². The zero-order chi connectivity index (χ0) is 16.6. The molecule has 1 aliphatic rings. The van der Waals surface area contributed by atoms with Gasteiger partial charge < -0.3 is 10.2 Å². The minimum absolute atomic E-state index is 0.0663. The number of aromatic nitrogens is 2. The zero-order valence-corrected chi connectivity index (χ0v) is 13.6. The molecule has 0 fully saturated rings. The maximum Gasteiger partial charge on any atom is 0.258 e. The minimum atomic E-state index is -0.332. The number of anilines is 1. The van der Waals surface area contributed by atoms with Crippen molar-refractivity contribution >= 4 is 11.6 Å². The second kappa shape index (κ2) is 5.47. The molecule has 0 saturated heterocycles. The summed E-state index contributed by atoms with van der Waals surface area (Å²) in [5.41, 5.74) is 3.27. The van der Waals surface area contributed by atoms with Crippen LogP contribution in [0, 0.1) is 12.3 Å². The molecule has 1 aromatic heterocycles. The fraction of sp³-hybridized carbons (Fsp3) is 0.333. The van der Waals surface area contributed by atoms with Gasteiger partial charge in [-0.3, -0.25) is 9.89 Å². The van der Waals surface area contributed by atoms with Crippen LogP contribution in [0.25, 0.3) is 0 Å². The van der Waals surface area contributed by atoms with Crippen LogP contribution in [-0.2, 0) is 5.41 Å². The molecule has 2 aromatic rings. The van der Waals surface area contributed by atoms with E-state index in [1.54, 1.807) is 11.1 Å². The molecule has 0 radical (unpaired) electrons. The molecule has 118 valence electrons. The second-order valence-electron chi connectivity index (χ2n) is 6.68. The molecule has 3 rings (SSSR count). The Labute approximate surface area is 136 Å². The van der Waals surface area contributed by atoms with E-state index in [9.17, 15) is 4.79 Å². The van der Waals surface area contributed by atoms with E-state index in [0.29, 0.717) is 5.56 Å². The normalized spacial score (nSPS) is 17.4. The molecule has 2 N–H and O–H groups in total. The Bertz CT molecular complexity index is 779. The van der Waals surface area contributed by atoms with Crippen LogP contribution in [0.3, 0.4) is 0 Å². The molecule has 5 heteroatoms. The van der Waals surface area contributed by atoms with Gasteiger partial charge in [0, 0.05) is 22.4 Å². The SMILES string of the molecule is C#CCN1C(=O)c2ccccc2NC1c1cn[nH]c1C(C)(C)C. The van der Waals surface area contributed by atoms with Crippen LogP contribution in [0.5, 0.6) is 0 Å². The van der Waals surface area contributed by atoms with E-state index < -0.39 is 0 Å². The van der Waals surface area contributed by atoms with Gasteiger partial charge in [-0.05, 0) is 12.1 Å². The number of para-hydroxylation sites is 1. The highest BCUT2D eigenvalue weighted by atomic mass is 16.2. The van der Waals surface area contributed by atoms with Crippen molar-refractivity contribution in [2.45, 2.75) is 32.4 Å². The first kappa shape index (κ1) is 15.2. The highest BCUT2D eigenvalue weighted by molar-refractivity contribution is 6.01. The summed E-state index contributed by atoms with van der Waals surface area (Å²) in [7, 11) is 0. The Morgan fingerprint density at radius 1 is 1.35 bits per heavy atom. The van der Waals surface area contributed by atoms with E-state index in [2.05, 4.69) is 42.2 Å². The molecule has 0 saturated carbocycles. The van der Waals surface area contributed by atoms with E-state index in [-0.39, 0.29) is 24.0 Å². The third kappa shape index (κ3) is 2.57.